The molecule has 0 bridgehead atoms. The first kappa shape index (κ1) is 26.2. The van der Waals surface area contributed by atoms with Gasteiger partial charge in [0, 0.05) is 38.2 Å². The summed E-state index contributed by atoms with van der Waals surface area (Å²) in [6.45, 7) is 0. The number of fused-ring (bicyclic) bond motifs is 6. The molecule has 0 aliphatic carbocycles. The van der Waals surface area contributed by atoms with Crippen molar-refractivity contribution in [2.75, 3.05) is 0 Å². The second-order valence-electron chi connectivity index (χ2n) is 13.5. The van der Waals surface area contributed by atoms with Gasteiger partial charge in [-0.05, 0) is 87.9 Å². The minimum Gasteiger partial charge on any atom is -0.456 e. The molecule has 0 unspecified atom stereocenters. The summed E-state index contributed by atoms with van der Waals surface area (Å²) in [4.78, 5) is 14.7. The Balaban J connectivity index is 1.12. The zero-order chi connectivity index (χ0) is 42.2. The second kappa shape index (κ2) is 13.0. The molecule has 0 N–H and O–H groups in total. The highest BCUT2D eigenvalue weighted by atomic mass is 16.3. The molecule has 0 saturated heterocycles. The monoisotopic (exact) mass is 723 g/mol. The maximum Gasteiger partial charge on any atom is 0.164 e. The van der Waals surface area contributed by atoms with Gasteiger partial charge in [-0.1, -0.05) is 133 Å². The van der Waals surface area contributed by atoms with Crippen LogP contribution in [0.25, 0.3) is 111 Å². The van der Waals surface area contributed by atoms with Crippen LogP contribution in [-0.2, 0) is 0 Å². The van der Waals surface area contributed by atoms with Crippen LogP contribution in [0.2, 0.25) is 0 Å². The summed E-state index contributed by atoms with van der Waals surface area (Å²) in [5.74, 6) is 0.595. The van der Waals surface area contributed by atoms with Crippen LogP contribution in [0.4, 0.5) is 0 Å². The molecular formula is C51H31N3O2. The average Bonchev–Trinajstić information content (AvgIpc) is 3.91. The van der Waals surface area contributed by atoms with Crippen LogP contribution in [0, 0.1) is 0 Å². The van der Waals surface area contributed by atoms with Crippen LogP contribution in [0.15, 0.2) is 197 Å². The van der Waals surface area contributed by atoms with Gasteiger partial charge in [0.05, 0.1) is 8.22 Å². The number of nitrogens with zero attached hydrogens (tertiary/aromatic N) is 3. The maximum absolute atomic E-state index is 9.57. The largest absolute Gasteiger partial charge is 0.456 e. The fourth-order valence-electron chi connectivity index (χ4n) is 7.21. The highest BCUT2D eigenvalue weighted by Gasteiger charge is 2.17. The van der Waals surface area contributed by atoms with Crippen molar-refractivity contribution in [1.82, 2.24) is 15.0 Å². The summed E-state index contributed by atoms with van der Waals surface area (Å²) >= 11 is 0. The molecular weight excluding hydrogens is 687 g/mol. The third-order valence-electron chi connectivity index (χ3n) is 9.99. The molecule has 0 aliphatic rings. The fraction of sp³-hybridized carbons (Fsp3) is 0. The summed E-state index contributed by atoms with van der Waals surface area (Å²) in [7, 11) is 0. The Labute approximate surface area is 330 Å². The van der Waals surface area contributed by atoms with E-state index in [4.69, 9.17) is 26.5 Å². The van der Waals surface area contributed by atoms with Gasteiger partial charge in [0.25, 0.3) is 0 Å². The van der Waals surface area contributed by atoms with Crippen LogP contribution < -0.4 is 0 Å². The molecule has 3 heterocycles. The Kier molecular flexibility index (Phi) is 6.10. The van der Waals surface area contributed by atoms with E-state index < -0.39 is 0 Å². The smallest absolute Gasteiger partial charge is 0.164 e. The molecule has 0 fully saturated rings. The van der Waals surface area contributed by atoms with Crippen molar-refractivity contribution in [3.63, 3.8) is 0 Å². The molecule has 0 atom stereocenters. The number of benzene rings is 8. The number of hydrogen-bond donors (Lipinski definition) is 0. The van der Waals surface area contributed by atoms with Gasteiger partial charge in [-0.25, -0.2) is 15.0 Å². The average molecular weight is 724 g/mol. The molecule has 11 rings (SSSR count). The summed E-state index contributed by atoms with van der Waals surface area (Å²) in [5.41, 5.74) is 7.01. The molecule has 0 saturated carbocycles. The zero-order valence-electron chi connectivity index (χ0n) is 35.6. The molecule has 56 heavy (non-hydrogen) atoms. The van der Waals surface area contributed by atoms with E-state index in [-0.39, 0.29) is 75.1 Å². The van der Waals surface area contributed by atoms with Crippen LogP contribution in [0.5, 0.6) is 0 Å². The molecule has 0 radical (unpaired) electrons. The number of furan rings is 2. The molecule has 11 aromatic rings. The fourth-order valence-corrected chi connectivity index (χ4v) is 7.21. The van der Waals surface area contributed by atoms with E-state index in [2.05, 4.69) is 0 Å². The van der Waals surface area contributed by atoms with Crippen LogP contribution >= 0.6 is 0 Å². The van der Waals surface area contributed by atoms with Gasteiger partial charge in [0.2, 0.25) is 0 Å². The van der Waals surface area contributed by atoms with Crippen molar-refractivity contribution in [2.24, 2.45) is 0 Å². The van der Waals surface area contributed by atoms with Gasteiger partial charge in [-0.2, -0.15) is 0 Å². The lowest BCUT2D eigenvalue weighted by Crippen LogP contribution is -2.00. The van der Waals surface area contributed by atoms with Crippen molar-refractivity contribution in [1.29, 1.82) is 0 Å². The minimum absolute atomic E-state index is 0.00853. The number of rotatable bonds is 6. The van der Waals surface area contributed by atoms with Gasteiger partial charge in [-0.3, -0.25) is 0 Å². The molecule has 0 amide bonds. The standard InChI is InChI=1S/C51H31N3O2/c1-3-11-32(12-4-1)34-15-9-17-38(27-34)49-52-50(39-18-10-16-35(28-39)33-13-5-2-6-14-33)54-51(53-49)40-21-24-42-44-30-37(23-26-47(44)56-48(42)31-40)36-22-25-46-43(29-36)41-19-7-8-20-45(41)55-46/h1-31H/i21D,23D,24D,26D,30D,31D. The summed E-state index contributed by atoms with van der Waals surface area (Å²) in [5, 5.41) is 1.79. The van der Waals surface area contributed by atoms with E-state index in [9.17, 15) is 5.48 Å². The van der Waals surface area contributed by atoms with Crippen LogP contribution in [-0.4, -0.2) is 15.0 Å². The highest BCUT2D eigenvalue weighted by Crippen LogP contribution is 2.37. The first-order valence-corrected chi connectivity index (χ1v) is 18.2. The third-order valence-corrected chi connectivity index (χ3v) is 9.99. The van der Waals surface area contributed by atoms with E-state index in [1.165, 1.54) is 0 Å². The van der Waals surface area contributed by atoms with Gasteiger partial charge in [0.1, 0.15) is 22.3 Å². The first-order valence-electron chi connectivity index (χ1n) is 21.2. The minimum atomic E-state index is -0.349. The summed E-state index contributed by atoms with van der Waals surface area (Å²) < 4.78 is 68.4. The molecule has 0 spiro atoms. The van der Waals surface area contributed by atoms with Crippen molar-refractivity contribution < 1.29 is 17.1 Å². The topological polar surface area (TPSA) is 65.0 Å². The molecule has 262 valence electrons. The molecule has 5 nitrogen and oxygen atoms in total. The van der Waals surface area contributed by atoms with Crippen molar-refractivity contribution >= 4 is 43.9 Å². The van der Waals surface area contributed by atoms with Crippen LogP contribution in [0.1, 0.15) is 8.22 Å². The Morgan fingerprint density at radius 1 is 0.304 bits per heavy atom. The molecule has 0 aliphatic heterocycles. The van der Waals surface area contributed by atoms with E-state index in [1.54, 1.807) is 12.1 Å². The maximum atomic E-state index is 9.57. The van der Waals surface area contributed by atoms with Crippen LogP contribution in [0.3, 0.4) is 0 Å². The summed E-state index contributed by atoms with van der Waals surface area (Å²) in [6.07, 6.45) is 0. The lowest BCUT2D eigenvalue weighted by molar-refractivity contribution is 0.668. The molecule has 5 heteroatoms. The normalized spacial score (nSPS) is 13.1. The van der Waals surface area contributed by atoms with E-state index >= 15 is 0 Å². The van der Waals surface area contributed by atoms with Gasteiger partial charge >= 0.3 is 0 Å². The first-order chi connectivity index (χ1) is 30.2. The van der Waals surface area contributed by atoms with Gasteiger partial charge < -0.3 is 8.83 Å². The molecule has 3 aromatic heterocycles. The van der Waals surface area contributed by atoms with Crippen molar-refractivity contribution in [2.45, 2.75) is 0 Å². The Bertz CT molecular complexity index is 3510. The predicted molar refractivity (Wildman–Crippen MR) is 227 cm³/mol. The molecule has 8 aromatic carbocycles. The number of para-hydroxylation sites is 1. The third kappa shape index (κ3) is 5.62. The zero-order valence-corrected chi connectivity index (χ0v) is 29.6. The van der Waals surface area contributed by atoms with Gasteiger partial charge in [-0.15, -0.1) is 0 Å². The van der Waals surface area contributed by atoms with E-state index in [0.29, 0.717) is 39.5 Å². The lowest BCUT2D eigenvalue weighted by atomic mass is 10.0. The second-order valence-corrected chi connectivity index (χ2v) is 13.5. The SMILES string of the molecule is [2H]c1c(-c2ccc3oc4ccccc4c3c2)c([2H])c2c(oc3c([2H])c(-c4nc(-c5cccc(-c6ccccc6)c5)nc(-c5cccc(-c6ccccc6)c5)n4)c([2H])c([2H])c32)c1[2H]. The van der Waals surface area contributed by atoms with Crippen molar-refractivity contribution in [3.05, 3.63) is 188 Å². The Hall–Kier alpha value is -7.63. The predicted octanol–water partition coefficient (Wildman–Crippen LogP) is 13.7. The van der Waals surface area contributed by atoms with Gasteiger partial charge in [0.15, 0.2) is 17.5 Å². The van der Waals surface area contributed by atoms with E-state index in [0.717, 1.165) is 33.0 Å². The number of aromatic nitrogens is 3. The van der Waals surface area contributed by atoms with Crippen molar-refractivity contribution in [3.8, 4) is 67.5 Å². The Morgan fingerprint density at radius 3 is 1.54 bits per heavy atom. The summed E-state index contributed by atoms with van der Waals surface area (Å²) in [6, 6.07) is 46.8. The quantitative estimate of drug-likeness (QED) is 0.171. The Morgan fingerprint density at radius 2 is 0.839 bits per heavy atom. The highest BCUT2D eigenvalue weighted by molar-refractivity contribution is 6.09. The van der Waals surface area contributed by atoms with E-state index in [1.807, 2.05) is 140 Å². The lowest BCUT2D eigenvalue weighted by Gasteiger charge is -2.10. The number of hydrogen-bond acceptors (Lipinski definition) is 5.